The number of hydrogen-bond acceptors (Lipinski definition) is 0. The maximum Gasteiger partial charge on any atom is -0.0103 e. The van der Waals surface area contributed by atoms with Crippen molar-refractivity contribution in [3.05, 3.63) is 69.9 Å². The lowest BCUT2D eigenvalue weighted by Crippen LogP contribution is -2.35. The highest BCUT2D eigenvalue weighted by Crippen LogP contribution is 2.58. The molecule has 0 aromatic carbocycles. The van der Waals surface area contributed by atoms with Gasteiger partial charge in [0.15, 0.2) is 0 Å². The first kappa shape index (κ1) is 85.7. The highest BCUT2D eigenvalue weighted by atomic mass is 14.5. The molecule has 0 nitrogen and oxygen atoms in total. The Hall–Kier alpha value is -1.56. The molecule has 0 heterocycles. The molecule has 9 saturated carbocycles. The topological polar surface area (TPSA) is 0 Å². The quantitative estimate of drug-likeness (QED) is 0.245. The second kappa shape index (κ2) is 36.2. The van der Waals surface area contributed by atoms with Crippen LogP contribution >= 0.6 is 0 Å². The molecular formula is C93H170. The van der Waals surface area contributed by atoms with E-state index in [2.05, 4.69) is 279 Å². The second-order valence-electron chi connectivity index (χ2n) is 40.6. The molecule has 93 heavy (non-hydrogen) atoms. The first-order chi connectivity index (χ1) is 42.2. The van der Waals surface area contributed by atoms with E-state index in [0.717, 1.165) is 160 Å². The van der Waals surface area contributed by atoms with E-state index in [-0.39, 0.29) is 7.43 Å². The molecule has 0 bridgehead atoms. The van der Waals surface area contributed by atoms with Crippen molar-refractivity contribution in [1.82, 2.24) is 0 Å². The molecule has 12 aliphatic carbocycles. The zero-order valence-corrected chi connectivity index (χ0v) is 69.0. The predicted octanol–water partition coefficient (Wildman–Crippen LogP) is 30.0. The fourth-order valence-corrected chi connectivity index (χ4v) is 19.8. The van der Waals surface area contributed by atoms with E-state index in [1.165, 1.54) is 89.9 Å². The Kier molecular flexibility index (Phi) is 33.3. The van der Waals surface area contributed by atoms with E-state index in [1.807, 2.05) is 0 Å². The van der Waals surface area contributed by atoms with Crippen molar-refractivity contribution >= 4 is 0 Å². The van der Waals surface area contributed by atoms with Gasteiger partial charge in [-0.05, 0) is 305 Å². The van der Waals surface area contributed by atoms with Crippen LogP contribution < -0.4 is 0 Å². The number of allylic oxidation sites excluding steroid dienone is 12. The minimum Gasteiger partial charge on any atom is -0.0776 e. The Labute approximate surface area is 587 Å². The van der Waals surface area contributed by atoms with Crippen molar-refractivity contribution < 1.29 is 0 Å². The molecule has 12 aliphatic rings. The fraction of sp³-hybridized carbons (Fsp3) is 0.871. The van der Waals surface area contributed by atoms with E-state index >= 15 is 0 Å². The molecule has 9 fully saturated rings. The summed E-state index contributed by atoms with van der Waals surface area (Å²) in [6.45, 7) is 82.1. The highest BCUT2D eigenvalue weighted by Gasteiger charge is 2.46. The van der Waals surface area contributed by atoms with Gasteiger partial charge in [-0.2, -0.15) is 0 Å². The van der Waals surface area contributed by atoms with Gasteiger partial charge in [0, 0.05) is 0 Å². The van der Waals surface area contributed by atoms with Gasteiger partial charge in [0.05, 0.1) is 0 Å². The van der Waals surface area contributed by atoms with Crippen molar-refractivity contribution in [2.75, 3.05) is 0 Å². The molecule has 0 aromatic rings. The standard InChI is InChI=1S/C18H28.C17H26.C15H22.3C10H20.3C4H10.CH4/c1-12-6-7-13-10-15-16(11-14(12)13)18(4,5)9-8-17(15,2)3;1-17(2,3)11-15-8-7-14-9-12-5-4-6-13(12)10-16(14)15;1-10-4-5-11-6-12-8-15(2,3)9-13(12)7-14(10)11;3*1-6-7(2)9(4)10(5)8(6)3;3*1-4(2)3;/h10-14H,6-9H2,1-5H3;9-10,14-16H,4-8,11H2,1-3H3;6-7,10-11,14H,4-5,8-9H2,1-3H3;3*6-10H,1-5H3;3*4H,1-3H3;1H4. The lowest BCUT2D eigenvalue weighted by molar-refractivity contribution is 0.248. The van der Waals surface area contributed by atoms with Gasteiger partial charge in [-0.15, -0.1) is 0 Å². The van der Waals surface area contributed by atoms with Crippen LogP contribution in [0.1, 0.15) is 340 Å². The van der Waals surface area contributed by atoms with Crippen LogP contribution in [0.4, 0.5) is 0 Å². The van der Waals surface area contributed by atoms with Crippen LogP contribution in [0, 0.1) is 181 Å². The summed E-state index contributed by atoms with van der Waals surface area (Å²) in [6.07, 6.45) is 35.4. The molecule has 0 aromatic heterocycles. The maximum atomic E-state index is 2.68. The zero-order chi connectivity index (χ0) is 70.2. The van der Waals surface area contributed by atoms with Gasteiger partial charge in [-0.25, -0.2) is 0 Å². The van der Waals surface area contributed by atoms with Crippen LogP contribution in [0.25, 0.3) is 0 Å². The molecule has 9 unspecified atom stereocenters. The van der Waals surface area contributed by atoms with E-state index in [0.29, 0.717) is 21.7 Å². The largest absolute Gasteiger partial charge is 0.0776 e. The third-order valence-corrected chi connectivity index (χ3v) is 28.0. The van der Waals surface area contributed by atoms with E-state index in [4.69, 9.17) is 0 Å². The summed E-state index contributed by atoms with van der Waals surface area (Å²) in [4.78, 5) is 0. The van der Waals surface area contributed by atoms with Gasteiger partial charge >= 0.3 is 0 Å². The Morgan fingerprint density at radius 2 is 0.602 bits per heavy atom. The SMILES string of the molecule is C.CC(C)(C)CC1CCC2C=C3CCCC3=CC21.CC(C)C.CC(C)C.CC(C)C.CC1C(C)C(C)C(C)C1C.CC1C(C)C(C)C(C)C1C.CC1C(C)C(C)C(C)C1C.CC1CCC2C=C3C(=CC12)C(C)(C)CCC3(C)C.CC1CCC2C=C3CC(C)(C)CC3=CC12. The minimum absolute atomic E-state index is 0. The Bertz CT molecular complexity index is 2170. The fourth-order valence-electron chi connectivity index (χ4n) is 19.8. The Balaban J connectivity index is 0.000000284. The lowest BCUT2D eigenvalue weighted by atomic mass is 9.57. The van der Waals surface area contributed by atoms with Crippen molar-refractivity contribution in [3.63, 3.8) is 0 Å². The number of rotatable bonds is 1. The summed E-state index contributed by atoms with van der Waals surface area (Å²) in [5.41, 5.74) is 12.0. The molecule has 0 N–H and O–H groups in total. The molecule has 0 radical (unpaired) electrons. The molecule has 0 heteroatoms. The smallest absolute Gasteiger partial charge is 0.0103 e. The normalized spacial score (nSPS) is 40.3. The summed E-state index contributed by atoms with van der Waals surface area (Å²) in [5.74, 6) is 24.5. The van der Waals surface area contributed by atoms with Crippen LogP contribution in [-0.2, 0) is 0 Å². The molecule has 0 saturated heterocycles. The average Bonchev–Trinajstić information content (AvgIpc) is 1.69. The van der Waals surface area contributed by atoms with Gasteiger partial charge in [-0.1, -0.05) is 286 Å². The second-order valence-corrected chi connectivity index (χ2v) is 40.6. The van der Waals surface area contributed by atoms with Gasteiger partial charge in [0.1, 0.15) is 0 Å². The predicted molar refractivity (Wildman–Crippen MR) is 422 cm³/mol. The third kappa shape index (κ3) is 23.5. The monoisotopic (exact) mass is 1290 g/mol. The van der Waals surface area contributed by atoms with E-state index < -0.39 is 0 Å². The van der Waals surface area contributed by atoms with Crippen LogP contribution in [0.15, 0.2) is 69.9 Å². The molecule has 0 aliphatic heterocycles. The maximum absolute atomic E-state index is 2.68. The minimum atomic E-state index is 0. The summed E-state index contributed by atoms with van der Waals surface area (Å²) in [6, 6.07) is 0. The first-order valence-corrected chi connectivity index (χ1v) is 40.5. The number of fused-ring (bicyclic) bond motifs is 6. The van der Waals surface area contributed by atoms with Gasteiger partial charge < -0.3 is 0 Å². The summed E-state index contributed by atoms with van der Waals surface area (Å²) < 4.78 is 0. The third-order valence-electron chi connectivity index (χ3n) is 28.0. The summed E-state index contributed by atoms with van der Waals surface area (Å²) in [7, 11) is 0. The van der Waals surface area contributed by atoms with Crippen LogP contribution in [0.3, 0.4) is 0 Å². The Morgan fingerprint density at radius 1 is 0.344 bits per heavy atom. The molecule has 0 amide bonds. The van der Waals surface area contributed by atoms with Crippen LogP contribution in [0.5, 0.6) is 0 Å². The molecule has 12 rings (SSSR count). The van der Waals surface area contributed by atoms with E-state index in [9.17, 15) is 0 Å². The van der Waals surface area contributed by atoms with Crippen molar-refractivity contribution in [2.24, 2.45) is 181 Å². The van der Waals surface area contributed by atoms with Crippen molar-refractivity contribution in [1.29, 1.82) is 0 Å². The van der Waals surface area contributed by atoms with Gasteiger partial charge in [0.25, 0.3) is 0 Å². The molecule has 542 valence electrons. The van der Waals surface area contributed by atoms with Crippen LogP contribution in [-0.4, -0.2) is 0 Å². The Morgan fingerprint density at radius 3 is 0.946 bits per heavy atom. The van der Waals surface area contributed by atoms with Gasteiger partial charge in [0.2, 0.25) is 0 Å². The average molecular weight is 1290 g/mol. The first-order valence-electron chi connectivity index (χ1n) is 40.5. The van der Waals surface area contributed by atoms with E-state index in [1.54, 1.807) is 33.4 Å². The van der Waals surface area contributed by atoms with Crippen molar-refractivity contribution in [3.8, 4) is 0 Å². The number of hydrogen-bond donors (Lipinski definition) is 0. The van der Waals surface area contributed by atoms with Gasteiger partial charge in [-0.3, -0.25) is 0 Å². The zero-order valence-electron chi connectivity index (χ0n) is 69.0. The summed E-state index contributed by atoms with van der Waals surface area (Å²) in [5, 5.41) is 0. The molecule has 9 atom stereocenters. The summed E-state index contributed by atoms with van der Waals surface area (Å²) >= 11 is 0. The molecule has 0 spiro atoms. The highest BCUT2D eigenvalue weighted by molar-refractivity contribution is 5.46. The lowest BCUT2D eigenvalue weighted by Gasteiger charge is -2.47. The molecular weight excluding hydrogens is 1120 g/mol. The van der Waals surface area contributed by atoms with Crippen molar-refractivity contribution in [2.45, 2.75) is 340 Å². The van der Waals surface area contributed by atoms with Crippen LogP contribution in [0.2, 0.25) is 0 Å².